The first-order valence-corrected chi connectivity index (χ1v) is 5.78. The molecule has 0 aromatic carbocycles. The number of hydrogen-bond acceptors (Lipinski definition) is 2. The maximum atomic E-state index is 12.0. The lowest BCUT2D eigenvalue weighted by atomic mass is 9.94. The van der Waals surface area contributed by atoms with Gasteiger partial charge in [-0.3, -0.25) is 0 Å². The van der Waals surface area contributed by atoms with Gasteiger partial charge in [0.25, 0.3) is 0 Å². The normalized spacial score (nSPS) is 29.0. The molecule has 0 aromatic heterocycles. The second-order valence-corrected chi connectivity index (χ2v) is 4.64. The molecule has 2 aliphatic heterocycles. The van der Waals surface area contributed by atoms with Gasteiger partial charge in [-0.05, 0) is 25.3 Å². The van der Waals surface area contributed by atoms with Gasteiger partial charge >= 0.3 is 12.2 Å². The molecular weight excluding hydrogens is 235 g/mol. The minimum absolute atomic E-state index is 0.250. The van der Waals surface area contributed by atoms with E-state index >= 15 is 0 Å². The zero-order valence-electron chi connectivity index (χ0n) is 9.39. The number of hydrogen-bond donors (Lipinski definition) is 2. The fourth-order valence-electron chi connectivity index (χ4n) is 2.50. The van der Waals surface area contributed by atoms with Crippen molar-refractivity contribution in [3.63, 3.8) is 0 Å². The number of piperidine rings is 1. The molecule has 2 atom stereocenters. The molecule has 2 heterocycles. The summed E-state index contributed by atoms with van der Waals surface area (Å²) in [6.45, 7) is 0.736. The van der Waals surface area contributed by atoms with Crippen LogP contribution in [0.15, 0.2) is 0 Å². The molecular formula is C10H16F3N3O. The molecule has 0 spiro atoms. The van der Waals surface area contributed by atoms with E-state index in [1.165, 1.54) is 4.90 Å². The molecule has 2 rings (SSSR count). The molecule has 98 valence electrons. The Kier molecular flexibility index (Phi) is 3.46. The van der Waals surface area contributed by atoms with Gasteiger partial charge in [0, 0.05) is 19.1 Å². The van der Waals surface area contributed by atoms with Gasteiger partial charge in [0.15, 0.2) is 0 Å². The third-order valence-corrected chi connectivity index (χ3v) is 3.33. The van der Waals surface area contributed by atoms with Crippen molar-refractivity contribution in [2.45, 2.75) is 25.1 Å². The molecule has 2 amide bonds. The van der Waals surface area contributed by atoms with E-state index in [2.05, 4.69) is 5.32 Å². The van der Waals surface area contributed by atoms with Crippen molar-refractivity contribution in [1.82, 2.24) is 15.5 Å². The molecule has 4 nitrogen and oxygen atoms in total. The van der Waals surface area contributed by atoms with Crippen molar-refractivity contribution < 1.29 is 18.0 Å². The molecule has 0 aliphatic carbocycles. The maximum absolute atomic E-state index is 12.0. The first-order valence-electron chi connectivity index (χ1n) is 5.78. The highest BCUT2D eigenvalue weighted by atomic mass is 19.4. The minimum Gasteiger partial charge on any atom is -0.329 e. The van der Waals surface area contributed by atoms with Crippen LogP contribution in [0.1, 0.15) is 12.8 Å². The Labute approximate surface area is 97.5 Å². The van der Waals surface area contributed by atoms with Crippen molar-refractivity contribution in [1.29, 1.82) is 0 Å². The molecule has 0 radical (unpaired) electrons. The topological polar surface area (TPSA) is 44.4 Å². The van der Waals surface area contributed by atoms with Crippen LogP contribution in [0.3, 0.4) is 0 Å². The summed E-state index contributed by atoms with van der Waals surface area (Å²) in [5, 5.41) is 5.20. The Morgan fingerprint density at radius 1 is 1.41 bits per heavy atom. The summed E-state index contributed by atoms with van der Waals surface area (Å²) in [6, 6.07) is -0.362. The molecule has 17 heavy (non-hydrogen) atoms. The van der Waals surface area contributed by atoms with E-state index in [9.17, 15) is 18.0 Å². The average Bonchev–Trinajstić information content (AvgIpc) is 2.68. The first kappa shape index (κ1) is 12.5. The Balaban J connectivity index is 1.81. The Morgan fingerprint density at radius 2 is 2.18 bits per heavy atom. The first-order chi connectivity index (χ1) is 7.96. The lowest BCUT2D eigenvalue weighted by molar-refractivity contribution is -0.123. The second-order valence-electron chi connectivity index (χ2n) is 4.64. The highest BCUT2D eigenvalue weighted by Crippen LogP contribution is 2.24. The van der Waals surface area contributed by atoms with Gasteiger partial charge < -0.3 is 15.5 Å². The summed E-state index contributed by atoms with van der Waals surface area (Å²) < 4.78 is 35.9. The Bertz CT molecular complexity index is 281. The fourth-order valence-corrected chi connectivity index (χ4v) is 2.50. The number of likely N-dealkylation sites (tertiary alicyclic amines) is 1. The molecule has 0 aromatic rings. The van der Waals surface area contributed by atoms with Crippen molar-refractivity contribution in [2.75, 3.05) is 26.2 Å². The molecule has 2 fully saturated rings. The molecule has 0 saturated carbocycles. The summed E-state index contributed by atoms with van der Waals surface area (Å²) in [4.78, 5) is 13.0. The van der Waals surface area contributed by atoms with E-state index in [4.69, 9.17) is 0 Å². The summed E-state index contributed by atoms with van der Waals surface area (Å²) in [5.74, 6) is 0.389. The average molecular weight is 251 g/mol. The number of carbonyl (C=O) groups excluding carboxylic acids is 1. The van der Waals surface area contributed by atoms with Gasteiger partial charge in [-0.2, -0.15) is 13.2 Å². The molecule has 2 aliphatic rings. The molecule has 2 unspecified atom stereocenters. The van der Waals surface area contributed by atoms with E-state index in [1.54, 1.807) is 0 Å². The van der Waals surface area contributed by atoms with Crippen LogP contribution >= 0.6 is 0 Å². The van der Waals surface area contributed by atoms with E-state index in [0.717, 1.165) is 19.4 Å². The SMILES string of the molecule is O=C(NCC(F)(F)F)N1CC2CCCNC2C1. The van der Waals surface area contributed by atoms with Gasteiger partial charge in [-0.25, -0.2) is 4.79 Å². The maximum Gasteiger partial charge on any atom is 0.405 e. The highest BCUT2D eigenvalue weighted by molar-refractivity contribution is 5.74. The van der Waals surface area contributed by atoms with Crippen molar-refractivity contribution in [2.24, 2.45) is 5.92 Å². The van der Waals surface area contributed by atoms with Gasteiger partial charge in [0.1, 0.15) is 6.54 Å². The number of nitrogens with one attached hydrogen (secondary N) is 2. The van der Waals surface area contributed by atoms with Crippen LogP contribution in [-0.2, 0) is 0 Å². The summed E-state index contributed by atoms with van der Waals surface area (Å²) >= 11 is 0. The number of fused-ring (bicyclic) bond motifs is 1. The van der Waals surface area contributed by atoms with Crippen LogP contribution < -0.4 is 10.6 Å². The van der Waals surface area contributed by atoms with Crippen LogP contribution in [0.5, 0.6) is 0 Å². The van der Waals surface area contributed by atoms with Gasteiger partial charge in [0.05, 0.1) is 0 Å². The third-order valence-electron chi connectivity index (χ3n) is 3.33. The van der Waals surface area contributed by atoms with E-state index < -0.39 is 18.8 Å². The van der Waals surface area contributed by atoms with Gasteiger partial charge in [0.2, 0.25) is 0 Å². The zero-order valence-corrected chi connectivity index (χ0v) is 9.39. The highest BCUT2D eigenvalue weighted by Gasteiger charge is 2.37. The molecule has 2 saturated heterocycles. The van der Waals surface area contributed by atoms with Crippen LogP contribution in [0.2, 0.25) is 0 Å². The lowest BCUT2D eigenvalue weighted by Crippen LogP contribution is -2.44. The van der Waals surface area contributed by atoms with Crippen LogP contribution in [0, 0.1) is 5.92 Å². The zero-order chi connectivity index (χ0) is 12.5. The predicted molar refractivity (Wildman–Crippen MR) is 55.5 cm³/mol. The van der Waals surface area contributed by atoms with E-state index in [1.807, 2.05) is 5.32 Å². The minimum atomic E-state index is -4.35. The Morgan fingerprint density at radius 3 is 2.82 bits per heavy atom. The molecule has 2 N–H and O–H groups in total. The fraction of sp³-hybridized carbons (Fsp3) is 0.900. The molecule has 0 bridgehead atoms. The van der Waals surface area contributed by atoms with E-state index in [-0.39, 0.29) is 6.04 Å². The Hall–Kier alpha value is -0.980. The second kappa shape index (κ2) is 4.72. The number of halogens is 3. The van der Waals surface area contributed by atoms with Crippen LogP contribution in [0.25, 0.3) is 0 Å². The smallest absolute Gasteiger partial charge is 0.329 e. The number of amides is 2. The van der Waals surface area contributed by atoms with Gasteiger partial charge in [-0.1, -0.05) is 0 Å². The summed E-state index contributed by atoms with van der Waals surface area (Å²) in [6.07, 6.45) is -2.24. The molecule has 7 heteroatoms. The van der Waals surface area contributed by atoms with Crippen LogP contribution in [-0.4, -0.2) is 49.3 Å². The standard InChI is InChI=1S/C10H16F3N3O/c11-10(12,13)6-15-9(17)16-4-7-2-1-3-14-8(7)5-16/h7-8,14H,1-6H2,(H,15,17). The van der Waals surface area contributed by atoms with Crippen molar-refractivity contribution in [3.05, 3.63) is 0 Å². The third kappa shape index (κ3) is 3.24. The number of carbonyl (C=O) groups is 1. The van der Waals surface area contributed by atoms with Crippen molar-refractivity contribution >= 4 is 6.03 Å². The van der Waals surface area contributed by atoms with Crippen LogP contribution in [0.4, 0.5) is 18.0 Å². The summed E-state index contributed by atoms with van der Waals surface area (Å²) in [5.41, 5.74) is 0. The number of alkyl halides is 3. The lowest BCUT2D eigenvalue weighted by Gasteiger charge is -2.24. The van der Waals surface area contributed by atoms with Gasteiger partial charge in [-0.15, -0.1) is 0 Å². The number of nitrogens with zero attached hydrogens (tertiary/aromatic N) is 1. The summed E-state index contributed by atoms with van der Waals surface area (Å²) in [7, 11) is 0. The monoisotopic (exact) mass is 251 g/mol. The van der Waals surface area contributed by atoms with Crippen molar-refractivity contribution in [3.8, 4) is 0 Å². The number of urea groups is 1. The van der Waals surface area contributed by atoms with E-state index in [0.29, 0.717) is 19.0 Å². The quantitative estimate of drug-likeness (QED) is 0.728. The predicted octanol–water partition coefficient (Wildman–Crippen LogP) is 0.942. The largest absolute Gasteiger partial charge is 0.405 e. The number of rotatable bonds is 1.